The van der Waals surface area contributed by atoms with Gasteiger partial charge in [-0.2, -0.15) is 0 Å². The van der Waals surface area contributed by atoms with Gasteiger partial charge in [0.15, 0.2) is 5.58 Å². The normalized spacial score (nSPS) is 12.3. The van der Waals surface area contributed by atoms with E-state index in [2.05, 4.69) is 126 Å². The van der Waals surface area contributed by atoms with Crippen LogP contribution in [-0.2, 0) is 0 Å². The molecular formula is C42H23N3OS. The first-order valence-corrected chi connectivity index (χ1v) is 16.6. The number of nitrogens with zero attached hydrogens (tertiary/aromatic N) is 3. The van der Waals surface area contributed by atoms with Gasteiger partial charge in [0.2, 0.25) is 5.95 Å². The zero-order valence-corrected chi connectivity index (χ0v) is 25.8. The maximum absolute atomic E-state index is 6.53. The molecule has 0 aliphatic heterocycles. The maximum Gasteiger partial charge on any atom is 0.236 e. The molecule has 0 aliphatic carbocycles. The molecule has 0 atom stereocenters. The van der Waals surface area contributed by atoms with Gasteiger partial charge in [-0.3, -0.25) is 4.57 Å². The van der Waals surface area contributed by atoms with E-state index in [1.807, 2.05) is 29.5 Å². The lowest BCUT2D eigenvalue weighted by Crippen LogP contribution is -2.03. The molecular weight excluding hydrogens is 595 g/mol. The summed E-state index contributed by atoms with van der Waals surface area (Å²) in [5.74, 6) is 0.632. The van der Waals surface area contributed by atoms with Gasteiger partial charge >= 0.3 is 0 Å². The lowest BCUT2D eigenvalue weighted by molar-refractivity contribution is 0.666. The second kappa shape index (κ2) is 9.25. The summed E-state index contributed by atoms with van der Waals surface area (Å²) >= 11 is 1.84. The molecule has 0 radical (unpaired) electrons. The monoisotopic (exact) mass is 617 g/mol. The van der Waals surface area contributed by atoms with Gasteiger partial charge in [0.1, 0.15) is 16.8 Å². The number of fused-ring (bicyclic) bond motifs is 14. The minimum Gasteiger partial charge on any atom is -0.452 e. The zero-order valence-electron chi connectivity index (χ0n) is 24.9. The Kier molecular flexibility index (Phi) is 4.96. The van der Waals surface area contributed by atoms with Crippen LogP contribution in [0.1, 0.15) is 0 Å². The molecule has 11 aromatic rings. The summed E-state index contributed by atoms with van der Waals surface area (Å²) in [7, 11) is 0. The summed E-state index contributed by atoms with van der Waals surface area (Å²) in [4.78, 5) is 10.8. The van der Waals surface area contributed by atoms with Crippen LogP contribution in [0.4, 0.5) is 0 Å². The number of rotatable bonds is 2. The van der Waals surface area contributed by atoms with Crippen LogP contribution < -0.4 is 0 Å². The SMILES string of the molecule is c1ccc2cc(-c3nc(-n4c5ccccc5c5c6ccccc6c6c7ccccc7sc6c54)nc4c3oc3ccccc34)ccc2c1. The van der Waals surface area contributed by atoms with Crippen molar-refractivity contribution in [2.75, 3.05) is 0 Å². The molecule has 0 aliphatic rings. The molecule has 0 spiro atoms. The van der Waals surface area contributed by atoms with Crippen LogP contribution in [0.2, 0.25) is 0 Å². The molecule has 0 unspecified atom stereocenters. The molecule has 0 fully saturated rings. The third-order valence-electron chi connectivity index (χ3n) is 9.58. The van der Waals surface area contributed by atoms with Gasteiger partial charge in [-0.25, -0.2) is 9.97 Å². The predicted octanol–water partition coefficient (Wildman–Crippen LogP) is 11.8. The maximum atomic E-state index is 6.53. The first-order valence-electron chi connectivity index (χ1n) is 15.8. The Morgan fingerprint density at radius 3 is 2.11 bits per heavy atom. The van der Waals surface area contributed by atoms with Crippen LogP contribution in [-0.4, -0.2) is 14.5 Å². The number of aromatic nitrogens is 3. The average molecular weight is 618 g/mol. The highest BCUT2D eigenvalue weighted by Crippen LogP contribution is 2.48. The molecule has 0 amide bonds. The van der Waals surface area contributed by atoms with Gasteiger partial charge in [0.05, 0.1) is 15.7 Å². The predicted molar refractivity (Wildman–Crippen MR) is 197 cm³/mol. The summed E-state index contributed by atoms with van der Waals surface area (Å²) in [6.07, 6.45) is 0. The number of thiophene rings is 1. The van der Waals surface area contributed by atoms with E-state index in [4.69, 9.17) is 14.4 Å². The molecule has 218 valence electrons. The van der Waals surface area contributed by atoms with Crippen molar-refractivity contribution in [2.45, 2.75) is 0 Å². The van der Waals surface area contributed by atoms with E-state index in [1.54, 1.807) is 0 Å². The average Bonchev–Trinajstić information content (AvgIpc) is 3.81. The van der Waals surface area contributed by atoms with Gasteiger partial charge in [-0.15, -0.1) is 11.3 Å². The van der Waals surface area contributed by atoms with E-state index >= 15 is 0 Å². The van der Waals surface area contributed by atoms with Crippen LogP contribution in [0.5, 0.6) is 0 Å². The van der Waals surface area contributed by atoms with Gasteiger partial charge in [-0.1, -0.05) is 109 Å². The molecule has 4 heterocycles. The van der Waals surface area contributed by atoms with Gasteiger partial charge in [0, 0.05) is 37.2 Å². The van der Waals surface area contributed by atoms with Crippen molar-refractivity contribution in [2.24, 2.45) is 0 Å². The molecule has 4 nitrogen and oxygen atoms in total. The molecule has 0 N–H and O–H groups in total. The van der Waals surface area contributed by atoms with Crippen molar-refractivity contribution in [3.8, 4) is 17.2 Å². The highest BCUT2D eigenvalue weighted by molar-refractivity contribution is 7.27. The fourth-order valence-corrected chi connectivity index (χ4v) is 8.80. The fraction of sp³-hybridized carbons (Fsp3) is 0. The minimum atomic E-state index is 0.632. The Bertz CT molecular complexity index is 3090. The number of para-hydroxylation sites is 2. The largest absolute Gasteiger partial charge is 0.452 e. The summed E-state index contributed by atoms with van der Waals surface area (Å²) in [6.45, 7) is 0. The third-order valence-corrected chi connectivity index (χ3v) is 10.8. The number of benzene rings is 7. The standard InChI is InChI=1S/C42H23N3OS/c1-2-12-25-23-26(22-21-24(25)11-1)37-40-38(30-16-6-9-19-33(30)46-40)44-42(43-37)45-32-18-8-5-15-29(32)35-27-13-3-4-14-28(27)36-31-17-7-10-20-34(31)47-41(36)39(35)45/h1-23H. The lowest BCUT2D eigenvalue weighted by Gasteiger charge is -2.11. The van der Waals surface area contributed by atoms with Crippen molar-refractivity contribution >= 4 is 96.9 Å². The molecule has 11 rings (SSSR count). The second-order valence-electron chi connectivity index (χ2n) is 12.1. The summed E-state index contributed by atoms with van der Waals surface area (Å²) in [5, 5.41) is 10.8. The van der Waals surface area contributed by atoms with Crippen molar-refractivity contribution in [1.82, 2.24) is 14.5 Å². The first-order chi connectivity index (χ1) is 23.3. The third kappa shape index (κ3) is 3.41. The molecule has 5 heteroatoms. The Hall–Kier alpha value is -6.04. The molecule has 7 aromatic carbocycles. The smallest absolute Gasteiger partial charge is 0.236 e. The van der Waals surface area contributed by atoms with Crippen LogP contribution in [0.3, 0.4) is 0 Å². The number of hydrogen-bond acceptors (Lipinski definition) is 4. The van der Waals surface area contributed by atoms with Gasteiger partial charge in [0.25, 0.3) is 0 Å². The van der Waals surface area contributed by atoms with Gasteiger partial charge in [-0.05, 0) is 51.9 Å². The Labute approximate surface area is 271 Å². The van der Waals surface area contributed by atoms with Crippen molar-refractivity contribution in [3.05, 3.63) is 140 Å². The van der Waals surface area contributed by atoms with Crippen LogP contribution >= 0.6 is 11.3 Å². The highest BCUT2D eigenvalue weighted by Gasteiger charge is 2.25. The van der Waals surface area contributed by atoms with E-state index in [-0.39, 0.29) is 0 Å². The molecule has 0 saturated heterocycles. The number of furan rings is 1. The van der Waals surface area contributed by atoms with Gasteiger partial charge < -0.3 is 4.42 Å². The van der Waals surface area contributed by atoms with Crippen LogP contribution in [0.15, 0.2) is 144 Å². The zero-order chi connectivity index (χ0) is 30.6. The Balaban J connectivity index is 1.36. The molecule has 4 aromatic heterocycles. The quantitative estimate of drug-likeness (QED) is 0.194. The summed E-state index contributed by atoms with van der Waals surface area (Å²) < 4.78 is 11.3. The van der Waals surface area contributed by atoms with Crippen molar-refractivity contribution in [1.29, 1.82) is 0 Å². The number of hydrogen-bond donors (Lipinski definition) is 0. The van der Waals surface area contributed by atoms with E-state index in [9.17, 15) is 0 Å². The first kappa shape index (κ1) is 25.2. The fourth-order valence-electron chi connectivity index (χ4n) is 7.55. The second-order valence-corrected chi connectivity index (χ2v) is 13.2. The summed E-state index contributed by atoms with van der Waals surface area (Å²) in [5.41, 5.74) is 6.31. The van der Waals surface area contributed by atoms with E-state index in [0.717, 1.165) is 44.2 Å². The van der Waals surface area contributed by atoms with E-state index in [0.29, 0.717) is 11.5 Å². The Morgan fingerprint density at radius 2 is 1.23 bits per heavy atom. The summed E-state index contributed by atoms with van der Waals surface area (Å²) in [6, 6.07) is 49.3. The molecule has 0 saturated carbocycles. The molecule has 47 heavy (non-hydrogen) atoms. The van der Waals surface area contributed by atoms with Crippen molar-refractivity contribution < 1.29 is 4.42 Å². The van der Waals surface area contributed by atoms with E-state index in [1.165, 1.54) is 47.1 Å². The minimum absolute atomic E-state index is 0.632. The topological polar surface area (TPSA) is 43.9 Å². The Morgan fingerprint density at radius 1 is 0.553 bits per heavy atom. The van der Waals surface area contributed by atoms with Crippen LogP contribution in [0, 0.1) is 0 Å². The lowest BCUT2D eigenvalue weighted by atomic mass is 9.99. The van der Waals surface area contributed by atoms with Crippen molar-refractivity contribution in [3.63, 3.8) is 0 Å². The van der Waals surface area contributed by atoms with Crippen LogP contribution in [0.25, 0.3) is 103 Å². The van der Waals surface area contributed by atoms with E-state index < -0.39 is 0 Å². The molecule has 0 bridgehead atoms. The highest BCUT2D eigenvalue weighted by atomic mass is 32.1.